The molecule has 0 spiro atoms. The molecule has 0 bridgehead atoms. The van der Waals surface area contributed by atoms with Crippen LogP contribution in [0.1, 0.15) is 33.8 Å². The van der Waals surface area contributed by atoms with Crippen LogP contribution in [-0.4, -0.2) is 31.2 Å². The Bertz CT molecular complexity index is 1230. The van der Waals surface area contributed by atoms with E-state index >= 15 is 0 Å². The Morgan fingerprint density at radius 3 is 2.59 bits per heavy atom. The van der Waals surface area contributed by atoms with Gasteiger partial charge in [-0.3, -0.25) is 9.69 Å². The molecule has 2 aliphatic rings. The van der Waals surface area contributed by atoms with Gasteiger partial charge < -0.3 is 26.3 Å². The van der Waals surface area contributed by atoms with E-state index in [0.717, 1.165) is 12.0 Å². The molecule has 1 aliphatic heterocycles. The average Bonchev–Trinajstić information content (AvgIpc) is 3.60. The lowest BCUT2D eigenvalue weighted by molar-refractivity contribution is 0.102. The second-order valence-corrected chi connectivity index (χ2v) is 8.53. The SMILES string of the molecule is Nc1ccccc1NC(=O)c1ccc2c(c1)OCCN2C(=O)OCc1ccc(C2CC2N)cc1. The van der Waals surface area contributed by atoms with Gasteiger partial charge in [0, 0.05) is 17.5 Å². The number of nitrogen functional groups attached to an aromatic ring is 1. The number of nitrogens with two attached hydrogens (primary N) is 2. The normalized spacial score (nSPS) is 18.4. The minimum Gasteiger partial charge on any atom is -0.490 e. The van der Waals surface area contributed by atoms with Crippen LogP contribution < -0.4 is 26.4 Å². The summed E-state index contributed by atoms with van der Waals surface area (Å²) in [6.45, 7) is 0.826. The third-order valence-corrected chi connectivity index (χ3v) is 6.12. The average molecular weight is 459 g/mol. The second-order valence-electron chi connectivity index (χ2n) is 8.53. The first-order valence-corrected chi connectivity index (χ1v) is 11.2. The van der Waals surface area contributed by atoms with Crippen molar-refractivity contribution in [2.45, 2.75) is 25.0 Å². The van der Waals surface area contributed by atoms with E-state index < -0.39 is 6.09 Å². The molecule has 5 rings (SSSR count). The van der Waals surface area contributed by atoms with Crippen LogP contribution in [0.15, 0.2) is 66.7 Å². The summed E-state index contributed by atoms with van der Waals surface area (Å²) >= 11 is 0. The summed E-state index contributed by atoms with van der Waals surface area (Å²) in [5.41, 5.74) is 15.9. The van der Waals surface area contributed by atoms with E-state index in [4.69, 9.17) is 20.9 Å². The van der Waals surface area contributed by atoms with Crippen LogP contribution in [0.2, 0.25) is 0 Å². The van der Waals surface area contributed by atoms with Crippen molar-refractivity contribution in [2.75, 3.05) is 29.1 Å². The van der Waals surface area contributed by atoms with Crippen LogP contribution in [0.3, 0.4) is 0 Å². The van der Waals surface area contributed by atoms with Gasteiger partial charge in [-0.15, -0.1) is 0 Å². The summed E-state index contributed by atoms with van der Waals surface area (Å²) in [4.78, 5) is 27.0. The molecule has 5 N–H and O–H groups in total. The van der Waals surface area contributed by atoms with E-state index in [0.29, 0.717) is 47.4 Å². The van der Waals surface area contributed by atoms with Crippen LogP contribution in [0.4, 0.5) is 21.9 Å². The van der Waals surface area contributed by atoms with Crippen LogP contribution in [0, 0.1) is 0 Å². The summed E-state index contributed by atoms with van der Waals surface area (Å²) in [7, 11) is 0. The van der Waals surface area contributed by atoms with Crippen molar-refractivity contribution in [2.24, 2.45) is 5.73 Å². The molecule has 0 saturated heterocycles. The van der Waals surface area contributed by atoms with E-state index in [-0.39, 0.29) is 18.6 Å². The molecule has 8 heteroatoms. The number of para-hydroxylation sites is 2. The Morgan fingerprint density at radius 2 is 1.85 bits per heavy atom. The van der Waals surface area contributed by atoms with Gasteiger partial charge >= 0.3 is 6.09 Å². The largest absolute Gasteiger partial charge is 0.490 e. The second kappa shape index (κ2) is 9.07. The van der Waals surface area contributed by atoms with Crippen molar-refractivity contribution < 1.29 is 19.1 Å². The predicted molar refractivity (Wildman–Crippen MR) is 130 cm³/mol. The number of hydrogen-bond acceptors (Lipinski definition) is 6. The first-order valence-electron chi connectivity index (χ1n) is 11.2. The molecule has 174 valence electrons. The molecule has 1 saturated carbocycles. The van der Waals surface area contributed by atoms with Gasteiger partial charge in [0.25, 0.3) is 5.91 Å². The Morgan fingerprint density at radius 1 is 1.09 bits per heavy atom. The van der Waals surface area contributed by atoms with E-state index in [9.17, 15) is 9.59 Å². The number of anilines is 3. The Hall–Kier alpha value is -4.04. The Labute approximate surface area is 197 Å². The number of carbonyl (C=O) groups is 2. The lowest BCUT2D eigenvalue weighted by Crippen LogP contribution is -2.38. The Kier molecular flexibility index (Phi) is 5.81. The maximum absolute atomic E-state index is 12.8. The first kappa shape index (κ1) is 21.8. The first-order chi connectivity index (χ1) is 16.5. The number of carbonyl (C=O) groups excluding carboxylic acids is 2. The fraction of sp³-hybridized carbons (Fsp3) is 0.231. The lowest BCUT2D eigenvalue weighted by Gasteiger charge is -2.29. The molecule has 34 heavy (non-hydrogen) atoms. The molecular formula is C26H26N4O4. The zero-order chi connectivity index (χ0) is 23.7. The smallest absolute Gasteiger partial charge is 0.414 e. The Balaban J connectivity index is 1.23. The number of nitrogens with zero attached hydrogens (tertiary/aromatic N) is 1. The van der Waals surface area contributed by atoms with Crippen molar-refractivity contribution >= 4 is 29.1 Å². The molecule has 2 amide bonds. The molecule has 3 aromatic carbocycles. The van der Waals surface area contributed by atoms with Crippen molar-refractivity contribution in [3.05, 3.63) is 83.4 Å². The van der Waals surface area contributed by atoms with Crippen LogP contribution in [0.5, 0.6) is 5.75 Å². The monoisotopic (exact) mass is 458 g/mol. The molecule has 1 aliphatic carbocycles. The highest BCUT2D eigenvalue weighted by Crippen LogP contribution is 2.39. The lowest BCUT2D eigenvalue weighted by atomic mass is 10.1. The molecule has 2 atom stereocenters. The summed E-state index contributed by atoms with van der Waals surface area (Å²) < 4.78 is 11.3. The van der Waals surface area contributed by atoms with Gasteiger partial charge in [-0.2, -0.15) is 0 Å². The van der Waals surface area contributed by atoms with E-state index in [1.54, 1.807) is 42.5 Å². The quantitative estimate of drug-likeness (QED) is 0.499. The predicted octanol–water partition coefficient (Wildman–Crippen LogP) is 3.87. The van der Waals surface area contributed by atoms with E-state index in [1.165, 1.54) is 10.5 Å². The maximum Gasteiger partial charge on any atom is 0.414 e. The molecule has 0 aromatic heterocycles. The molecular weight excluding hydrogens is 432 g/mol. The van der Waals surface area contributed by atoms with Crippen molar-refractivity contribution in [1.82, 2.24) is 0 Å². The zero-order valence-corrected chi connectivity index (χ0v) is 18.6. The van der Waals surface area contributed by atoms with Gasteiger partial charge in [-0.25, -0.2) is 4.79 Å². The van der Waals surface area contributed by atoms with Gasteiger partial charge in [0.05, 0.1) is 23.6 Å². The number of rotatable bonds is 5. The highest BCUT2D eigenvalue weighted by atomic mass is 16.6. The number of amides is 2. The summed E-state index contributed by atoms with van der Waals surface area (Å²) in [6, 6.07) is 20.2. The van der Waals surface area contributed by atoms with Crippen LogP contribution >= 0.6 is 0 Å². The third kappa shape index (κ3) is 4.53. The molecule has 3 aromatic rings. The van der Waals surface area contributed by atoms with Crippen molar-refractivity contribution in [3.63, 3.8) is 0 Å². The molecule has 1 heterocycles. The molecule has 1 fully saturated rings. The van der Waals surface area contributed by atoms with Gasteiger partial charge in [-0.1, -0.05) is 36.4 Å². The van der Waals surface area contributed by atoms with Crippen LogP contribution in [0.25, 0.3) is 0 Å². The fourth-order valence-corrected chi connectivity index (χ4v) is 4.04. The number of ether oxygens (including phenoxy) is 2. The number of nitrogens with one attached hydrogen (secondary N) is 1. The molecule has 2 unspecified atom stereocenters. The minimum atomic E-state index is -0.466. The van der Waals surface area contributed by atoms with Crippen LogP contribution in [-0.2, 0) is 11.3 Å². The highest BCUT2D eigenvalue weighted by molar-refractivity contribution is 6.06. The molecule has 8 nitrogen and oxygen atoms in total. The standard InChI is InChI=1S/C26H26N4O4/c27-20-3-1-2-4-22(20)29-25(31)18-9-10-23-24(13-18)33-12-11-30(23)26(32)34-15-16-5-7-17(8-6-16)19-14-21(19)28/h1-10,13,19,21H,11-12,14-15,27-28H2,(H,29,31). The summed E-state index contributed by atoms with van der Waals surface area (Å²) in [6.07, 6.45) is 0.557. The molecule has 0 radical (unpaired) electrons. The van der Waals surface area contributed by atoms with Gasteiger partial charge in [0.15, 0.2) is 0 Å². The number of benzene rings is 3. The highest BCUT2D eigenvalue weighted by Gasteiger charge is 2.34. The van der Waals surface area contributed by atoms with Crippen molar-refractivity contribution in [3.8, 4) is 5.75 Å². The summed E-state index contributed by atoms with van der Waals surface area (Å²) in [5.74, 6) is 0.570. The van der Waals surface area contributed by atoms with Gasteiger partial charge in [-0.05, 0) is 47.9 Å². The topological polar surface area (TPSA) is 120 Å². The third-order valence-electron chi connectivity index (χ3n) is 6.12. The van der Waals surface area contributed by atoms with Crippen molar-refractivity contribution in [1.29, 1.82) is 0 Å². The number of fused-ring (bicyclic) bond motifs is 1. The summed E-state index contributed by atoms with van der Waals surface area (Å²) in [5, 5.41) is 2.79. The van der Waals surface area contributed by atoms with Gasteiger partial charge in [0.2, 0.25) is 0 Å². The fourth-order valence-electron chi connectivity index (χ4n) is 4.04. The zero-order valence-electron chi connectivity index (χ0n) is 18.6. The van der Waals surface area contributed by atoms with E-state index in [2.05, 4.69) is 5.32 Å². The number of hydrogen-bond donors (Lipinski definition) is 3. The minimum absolute atomic E-state index is 0.168. The van der Waals surface area contributed by atoms with E-state index in [1.807, 2.05) is 24.3 Å². The maximum atomic E-state index is 12.8. The van der Waals surface area contributed by atoms with Gasteiger partial charge in [0.1, 0.15) is 19.0 Å².